The molecule has 0 saturated carbocycles. The van der Waals surface area contributed by atoms with E-state index >= 15 is 0 Å². The highest BCUT2D eigenvalue weighted by molar-refractivity contribution is 5.95. The highest BCUT2D eigenvalue weighted by Crippen LogP contribution is 2.26. The zero-order chi connectivity index (χ0) is 20.0. The highest BCUT2D eigenvalue weighted by Gasteiger charge is 2.20. The Hall–Kier alpha value is -2.13. The van der Waals surface area contributed by atoms with Crippen LogP contribution in [0.4, 0.5) is 5.69 Å². The summed E-state index contributed by atoms with van der Waals surface area (Å²) < 4.78 is 0. The number of nitrogens with zero attached hydrogens (tertiary/aromatic N) is 1. The average molecular weight is 367 g/mol. The van der Waals surface area contributed by atoms with E-state index in [0.29, 0.717) is 11.8 Å². The predicted octanol–water partition coefficient (Wildman–Crippen LogP) is 5.78. The Kier molecular flexibility index (Phi) is 7.61. The summed E-state index contributed by atoms with van der Waals surface area (Å²) in [6.45, 7) is 11.5. The monoisotopic (exact) mass is 366 g/mol. The van der Waals surface area contributed by atoms with E-state index in [1.54, 1.807) is 0 Å². The molecule has 0 aliphatic carbocycles. The fourth-order valence-corrected chi connectivity index (χ4v) is 3.13. The maximum atomic E-state index is 12.8. The summed E-state index contributed by atoms with van der Waals surface area (Å²) >= 11 is 0. The number of nitrogens with one attached hydrogen (secondary N) is 1. The Balaban J connectivity index is 2.02. The number of hydrogen-bond acceptors (Lipinski definition) is 2. The van der Waals surface area contributed by atoms with Gasteiger partial charge in [-0.15, -0.1) is 0 Å². The van der Waals surface area contributed by atoms with Crippen molar-refractivity contribution in [2.45, 2.75) is 65.5 Å². The molecule has 0 saturated heterocycles. The third kappa shape index (κ3) is 5.67. The molecule has 0 aromatic heterocycles. The quantitative estimate of drug-likeness (QED) is 0.642. The minimum atomic E-state index is -0.209. The van der Waals surface area contributed by atoms with E-state index in [4.69, 9.17) is 0 Å². The van der Waals surface area contributed by atoms with Gasteiger partial charge >= 0.3 is 0 Å². The summed E-state index contributed by atoms with van der Waals surface area (Å²) in [5, 5.41) is 3.14. The Morgan fingerprint density at radius 3 is 2.22 bits per heavy atom. The van der Waals surface area contributed by atoms with Gasteiger partial charge < -0.3 is 5.32 Å². The van der Waals surface area contributed by atoms with E-state index in [2.05, 4.69) is 68.2 Å². The first-order valence-corrected chi connectivity index (χ1v) is 10.0. The average Bonchev–Trinajstić information content (AvgIpc) is 2.67. The summed E-state index contributed by atoms with van der Waals surface area (Å²) in [5.74, 6) is 0.994. The van der Waals surface area contributed by atoms with Crippen LogP contribution in [0.2, 0.25) is 0 Å². The Morgan fingerprint density at radius 1 is 1.00 bits per heavy atom. The van der Waals surface area contributed by atoms with Crippen molar-refractivity contribution in [1.82, 2.24) is 4.90 Å². The summed E-state index contributed by atoms with van der Waals surface area (Å²) in [5.41, 5.74) is 4.70. The highest BCUT2D eigenvalue weighted by atomic mass is 16.2. The van der Waals surface area contributed by atoms with Gasteiger partial charge in [0.2, 0.25) is 5.91 Å². The van der Waals surface area contributed by atoms with Crippen molar-refractivity contribution < 1.29 is 4.79 Å². The number of likely N-dealkylation sites (N-methyl/N-ethyl adjacent to an activating group) is 1. The number of carbonyl (C=O) groups is 1. The van der Waals surface area contributed by atoms with Crippen LogP contribution < -0.4 is 5.32 Å². The molecule has 2 rings (SSSR count). The summed E-state index contributed by atoms with van der Waals surface area (Å²) in [7, 11) is 2.00. The Morgan fingerprint density at radius 2 is 1.63 bits per heavy atom. The van der Waals surface area contributed by atoms with E-state index in [-0.39, 0.29) is 11.9 Å². The van der Waals surface area contributed by atoms with Gasteiger partial charge in [-0.25, -0.2) is 0 Å². The molecule has 27 heavy (non-hydrogen) atoms. The second kappa shape index (κ2) is 9.70. The molecule has 0 unspecified atom stereocenters. The molecule has 3 nitrogen and oxygen atoms in total. The molecule has 0 fully saturated rings. The lowest BCUT2D eigenvalue weighted by Crippen LogP contribution is -2.39. The zero-order valence-electron chi connectivity index (χ0n) is 17.6. The lowest BCUT2D eigenvalue weighted by Gasteiger charge is -2.25. The van der Waals surface area contributed by atoms with Gasteiger partial charge in [-0.3, -0.25) is 9.69 Å². The van der Waals surface area contributed by atoms with Gasteiger partial charge in [0.05, 0.1) is 6.04 Å². The molecule has 0 bridgehead atoms. The standard InChI is InChI=1S/C24H34N2O/c1-7-18(4)22-10-8-9-11-23(22)25-24(27)19(5)26(6)16-20-12-14-21(15-13-20)17(2)3/h8-15,17-19H,7,16H2,1-6H3,(H,25,27)/t18-,19-/m0/s1. The largest absolute Gasteiger partial charge is 0.324 e. The smallest absolute Gasteiger partial charge is 0.241 e. The van der Waals surface area contributed by atoms with E-state index in [1.165, 1.54) is 16.7 Å². The molecule has 0 aliphatic rings. The molecule has 146 valence electrons. The van der Waals surface area contributed by atoms with E-state index < -0.39 is 0 Å². The summed E-state index contributed by atoms with van der Waals surface area (Å²) in [6, 6.07) is 16.6. The van der Waals surface area contributed by atoms with Crippen LogP contribution in [-0.4, -0.2) is 23.9 Å². The topological polar surface area (TPSA) is 32.3 Å². The molecule has 2 aromatic carbocycles. The molecule has 0 aliphatic heterocycles. The van der Waals surface area contributed by atoms with Gasteiger partial charge in [0.1, 0.15) is 0 Å². The third-order valence-corrected chi connectivity index (χ3v) is 5.48. The molecule has 2 atom stereocenters. The van der Waals surface area contributed by atoms with Gasteiger partial charge in [0, 0.05) is 12.2 Å². The van der Waals surface area contributed by atoms with Gasteiger partial charge in [-0.05, 0) is 55.0 Å². The minimum absolute atomic E-state index is 0.0343. The van der Waals surface area contributed by atoms with Gasteiger partial charge in [0.25, 0.3) is 0 Å². The lowest BCUT2D eigenvalue weighted by atomic mass is 9.97. The van der Waals surface area contributed by atoms with Gasteiger partial charge in [-0.1, -0.05) is 70.2 Å². The maximum Gasteiger partial charge on any atom is 0.241 e. The van der Waals surface area contributed by atoms with Crippen molar-refractivity contribution >= 4 is 11.6 Å². The molecular weight excluding hydrogens is 332 g/mol. The molecule has 3 heteroatoms. The van der Waals surface area contributed by atoms with E-state index in [0.717, 1.165) is 18.7 Å². The van der Waals surface area contributed by atoms with Gasteiger partial charge in [-0.2, -0.15) is 0 Å². The first kappa shape index (κ1) is 21.2. The van der Waals surface area contributed by atoms with Crippen LogP contribution in [0.5, 0.6) is 0 Å². The van der Waals surface area contributed by atoms with Crippen LogP contribution in [-0.2, 0) is 11.3 Å². The first-order chi connectivity index (χ1) is 12.8. The van der Waals surface area contributed by atoms with E-state index in [9.17, 15) is 4.79 Å². The summed E-state index contributed by atoms with van der Waals surface area (Å²) in [4.78, 5) is 14.9. The van der Waals surface area contributed by atoms with Crippen molar-refractivity contribution in [2.24, 2.45) is 0 Å². The van der Waals surface area contributed by atoms with E-state index in [1.807, 2.05) is 32.2 Å². The van der Waals surface area contributed by atoms with Crippen molar-refractivity contribution in [3.05, 3.63) is 65.2 Å². The molecule has 2 aromatic rings. The first-order valence-electron chi connectivity index (χ1n) is 10.0. The number of amides is 1. The molecular formula is C24H34N2O. The number of benzene rings is 2. The zero-order valence-corrected chi connectivity index (χ0v) is 17.6. The summed E-state index contributed by atoms with van der Waals surface area (Å²) in [6.07, 6.45) is 1.05. The SMILES string of the molecule is CC[C@H](C)c1ccccc1NC(=O)[C@H](C)N(C)Cc1ccc(C(C)C)cc1. The van der Waals surface area contributed by atoms with Crippen LogP contribution in [0, 0.1) is 0 Å². The molecule has 0 heterocycles. The fourth-order valence-electron chi connectivity index (χ4n) is 3.13. The van der Waals surface area contributed by atoms with Crippen molar-refractivity contribution in [2.75, 3.05) is 12.4 Å². The third-order valence-electron chi connectivity index (χ3n) is 5.48. The normalized spacial score (nSPS) is 13.6. The molecule has 1 amide bonds. The molecule has 0 radical (unpaired) electrons. The van der Waals surface area contributed by atoms with Crippen LogP contribution in [0.3, 0.4) is 0 Å². The Bertz CT molecular complexity index is 736. The number of rotatable bonds is 8. The minimum Gasteiger partial charge on any atom is -0.324 e. The number of para-hydroxylation sites is 1. The number of anilines is 1. The van der Waals surface area contributed by atoms with Crippen molar-refractivity contribution in [1.29, 1.82) is 0 Å². The van der Waals surface area contributed by atoms with Crippen molar-refractivity contribution in [3.63, 3.8) is 0 Å². The lowest BCUT2D eigenvalue weighted by molar-refractivity contribution is -0.120. The van der Waals surface area contributed by atoms with Crippen LogP contribution in [0.15, 0.2) is 48.5 Å². The number of carbonyl (C=O) groups excluding carboxylic acids is 1. The van der Waals surface area contributed by atoms with Crippen LogP contribution in [0.25, 0.3) is 0 Å². The Labute approximate surface area is 164 Å². The van der Waals surface area contributed by atoms with Crippen molar-refractivity contribution in [3.8, 4) is 0 Å². The molecule has 0 spiro atoms. The predicted molar refractivity (Wildman–Crippen MR) is 115 cm³/mol. The second-order valence-electron chi connectivity index (χ2n) is 7.87. The fraction of sp³-hybridized carbons (Fsp3) is 0.458. The second-order valence-corrected chi connectivity index (χ2v) is 7.87. The maximum absolute atomic E-state index is 12.8. The van der Waals surface area contributed by atoms with Gasteiger partial charge in [0.15, 0.2) is 0 Å². The van der Waals surface area contributed by atoms with Crippen LogP contribution in [0.1, 0.15) is 69.6 Å². The molecule has 1 N–H and O–H groups in total. The van der Waals surface area contributed by atoms with Crippen LogP contribution >= 0.6 is 0 Å². The number of hydrogen-bond donors (Lipinski definition) is 1.